The Morgan fingerprint density at radius 3 is 2.43 bits per heavy atom. The van der Waals surface area contributed by atoms with E-state index in [2.05, 4.69) is 10.3 Å². The number of carbonyl (C=O) groups is 2. The Morgan fingerprint density at radius 1 is 1.33 bits per heavy atom. The zero-order chi connectivity index (χ0) is 16.0. The summed E-state index contributed by atoms with van der Waals surface area (Å²) in [4.78, 5) is 28.8. The molecular formula is C15H23N3O3. The van der Waals surface area contributed by atoms with Crippen LogP contribution in [-0.2, 0) is 4.79 Å². The van der Waals surface area contributed by atoms with Crippen LogP contribution in [0.2, 0.25) is 0 Å². The molecule has 0 saturated carbocycles. The van der Waals surface area contributed by atoms with Gasteiger partial charge in [-0.1, -0.05) is 13.8 Å². The maximum absolute atomic E-state index is 11.9. The van der Waals surface area contributed by atoms with Gasteiger partial charge < -0.3 is 15.3 Å². The highest BCUT2D eigenvalue weighted by molar-refractivity contribution is 5.92. The standard InChI is InChI=1S/C15H23N3O3/c1-5-15(6-2,14(20)21)10-17-11-7-8-16-12(9-11)13(19)18(3)4/h7-9H,5-6,10H2,1-4H3,(H,16,17)(H,20,21). The number of hydrogen-bond acceptors (Lipinski definition) is 4. The van der Waals surface area contributed by atoms with Gasteiger partial charge in [-0.05, 0) is 25.0 Å². The molecule has 6 heteroatoms. The van der Waals surface area contributed by atoms with Crippen LogP contribution in [0.15, 0.2) is 18.3 Å². The number of carbonyl (C=O) groups excluding carboxylic acids is 1. The first-order chi connectivity index (χ1) is 9.86. The number of nitrogens with zero attached hydrogens (tertiary/aromatic N) is 2. The summed E-state index contributed by atoms with van der Waals surface area (Å²) >= 11 is 0. The second kappa shape index (κ2) is 7.06. The number of aliphatic carboxylic acids is 1. The Kier molecular flexibility index (Phi) is 5.69. The lowest BCUT2D eigenvalue weighted by molar-refractivity contribution is -0.148. The van der Waals surface area contributed by atoms with Crippen LogP contribution in [0.4, 0.5) is 5.69 Å². The third kappa shape index (κ3) is 3.93. The van der Waals surface area contributed by atoms with Crippen molar-refractivity contribution in [2.45, 2.75) is 26.7 Å². The summed E-state index contributed by atoms with van der Waals surface area (Å²) in [6, 6.07) is 3.37. The van der Waals surface area contributed by atoms with Gasteiger partial charge in [0.2, 0.25) is 0 Å². The molecule has 0 aliphatic heterocycles. The zero-order valence-corrected chi connectivity index (χ0v) is 13.0. The quantitative estimate of drug-likeness (QED) is 0.804. The minimum Gasteiger partial charge on any atom is -0.481 e. The van der Waals surface area contributed by atoms with E-state index < -0.39 is 11.4 Å². The van der Waals surface area contributed by atoms with Crippen LogP contribution < -0.4 is 5.32 Å². The molecule has 0 atom stereocenters. The van der Waals surface area contributed by atoms with Crippen LogP contribution in [0.25, 0.3) is 0 Å². The van der Waals surface area contributed by atoms with Gasteiger partial charge in [-0.25, -0.2) is 0 Å². The highest BCUT2D eigenvalue weighted by atomic mass is 16.4. The summed E-state index contributed by atoms with van der Waals surface area (Å²) in [5.74, 6) is -0.993. The molecule has 6 nitrogen and oxygen atoms in total. The van der Waals surface area contributed by atoms with Crippen molar-refractivity contribution >= 4 is 17.6 Å². The van der Waals surface area contributed by atoms with Gasteiger partial charge in [-0.15, -0.1) is 0 Å². The lowest BCUT2D eigenvalue weighted by Crippen LogP contribution is -2.36. The van der Waals surface area contributed by atoms with E-state index in [1.807, 2.05) is 13.8 Å². The Labute approximate surface area is 125 Å². The normalized spacial score (nSPS) is 11.0. The largest absolute Gasteiger partial charge is 0.481 e. The Hall–Kier alpha value is -2.11. The molecule has 116 valence electrons. The number of carboxylic acid groups (broad SMARTS) is 1. The Balaban J connectivity index is 2.87. The molecule has 0 saturated heterocycles. The molecule has 0 aliphatic rings. The second-order valence-electron chi connectivity index (χ2n) is 5.28. The van der Waals surface area contributed by atoms with Crippen molar-refractivity contribution in [1.82, 2.24) is 9.88 Å². The van der Waals surface area contributed by atoms with E-state index in [9.17, 15) is 14.7 Å². The van der Waals surface area contributed by atoms with Crippen LogP contribution in [0, 0.1) is 5.41 Å². The number of pyridine rings is 1. The SMILES string of the molecule is CCC(CC)(CNc1ccnc(C(=O)N(C)C)c1)C(=O)O. The molecule has 1 amide bonds. The zero-order valence-electron chi connectivity index (χ0n) is 13.0. The number of hydrogen-bond donors (Lipinski definition) is 2. The monoisotopic (exact) mass is 293 g/mol. The topological polar surface area (TPSA) is 82.5 Å². The van der Waals surface area contributed by atoms with Gasteiger partial charge in [-0.3, -0.25) is 14.6 Å². The number of carboxylic acids is 1. The van der Waals surface area contributed by atoms with Crippen LogP contribution in [0.3, 0.4) is 0 Å². The average Bonchev–Trinajstić information content (AvgIpc) is 2.48. The number of nitrogens with one attached hydrogen (secondary N) is 1. The maximum atomic E-state index is 11.9. The van der Waals surface area contributed by atoms with Gasteiger partial charge in [0, 0.05) is 32.5 Å². The van der Waals surface area contributed by atoms with Crippen LogP contribution in [-0.4, -0.2) is 47.5 Å². The minimum atomic E-state index is -0.807. The molecular weight excluding hydrogens is 270 g/mol. The Bertz CT molecular complexity index is 511. The van der Waals surface area contributed by atoms with Crippen molar-refractivity contribution in [3.63, 3.8) is 0 Å². The molecule has 0 radical (unpaired) electrons. The molecule has 1 aromatic heterocycles. The van der Waals surface area contributed by atoms with Gasteiger partial charge in [0.25, 0.3) is 5.91 Å². The molecule has 0 bridgehead atoms. The van der Waals surface area contributed by atoms with Crippen molar-refractivity contribution in [3.8, 4) is 0 Å². The van der Waals surface area contributed by atoms with Crippen LogP contribution in [0.5, 0.6) is 0 Å². The molecule has 1 heterocycles. The first-order valence-electron chi connectivity index (χ1n) is 7.01. The summed E-state index contributed by atoms with van der Waals surface area (Å²) < 4.78 is 0. The molecule has 0 aromatic carbocycles. The van der Waals surface area contributed by atoms with Gasteiger partial charge in [-0.2, -0.15) is 0 Å². The molecule has 0 unspecified atom stereocenters. The fraction of sp³-hybridized carbons (Fsp3) is 0.533. The van der Waals surface area contributed by atoms with Crippen molar-refractivity contribution in [2.24, 2.45) is 5.41 Å². The third-order valence-corrected chi connectivity index (χ3v) is 3.82. The number of rotatable bonds is 7. The van der Waals surface area contributed by atoms with E-state index in [4.69, 9.17) is 0 Å². The number of aromatic nitrogens is 1. The highest BCUT2D eigenvalue weighted by Crippen LogP contribution is 2.27. The fourth-order valence-corrected chi connectivity index (χ4v) is 2.04. The smallest absolute Gasteiger partial charge is 0.311 e. The van der Waals surface area contributed by atoms with E-state index in [-0.39, 0.29) is 5.91 Å². The predicted molar refractivity (Wildman–Crippen MR) is 81.4 cm³/mol. The first-order valence-corrected chi connectivity index (χ1v) is 7.01. The first kappa shape index (κ1) is 16.9. The lowest BCUT2D eigenvalue weighted by Gasteiger charge is -2.27. The molecule has 21 heavy (non-hydrogen) atoms. The van der Waals surface area contributed by atoms with Crippen molar-refractivity contribution in [1.29, 1.82) is 0 Å². The van der Waals surface area contributed by atoms with E-state index in [0.717, 1.165) is 0 Å². The molecule has 1 aromatic rings. The molecule has 2 N–H and O–H groups in total. The maximum Gasteiger partial charge on any atom is 0.311 e. The fourth-order valence-electron chi connectivity index (χ4n) is 2.04. The van der Waals surface area contributed by atoms with Gasteiger partial charge >= 0.3 is 5.97 Å². The van der Waals surface area contributed by atoms with Gasteiger partial charge in [0.1, 0.15) is 5.69 Å². The molecule has 0 aliphatic carbocycles. The highest BCUT2D eigenvalue weighted by Gasteiger charge is 2.34. The van der Waals surface area contributed by atoms with Gasteiger partial charge in [0.05, 0.1) is 5.41 Å². The van der Waals surface area contributed by atoms with E-state index in [1.54, 1.807) is 32.4 Å². The summed E-state index contributed by atoms with van der Waals surface area (Å²) in [6.45, 7) is 4.05. The Morgan fingerprint density at radius 2 is 1.95 bits per heavy atom. The summed E-state index contributed by atoms with van der Waals surface area (Å²) in [6.07, 6.45) is 2.63. The van der Waals surface area contributed by atoms with E-state index in [0.29, 0.717) is 30.8 Å². The van der Waals surface area contributed by atoms with Crippen LogP contribution in [0.1, 0.15) is 37.2 Å². The third-order valence-electron chi connectivity index (χ3n) is 3.82. The van der Waals surface area contributed by atoms with Crippen molar-refractivity contribution in [3.05, 3.63) is 24.0 Å². The van der Waals surface area contributed by atoms with Crippen molar-refractivity contribution < 1.29 is 14.7 Å². The van der Waals surface area contributed by atoms with E-state index in [1.165, 1.54) is 4.90 Å². The summed E-state index contributed by atoms with van der Waals surface area (Å²) in [5, 5.41) is 12.5. The van der Waals surface area contributed by atoms with Gasteiger partial charge in [0.15, 0.2) is 0 Å². The van der Waals surface area contributed by atoms with Crippen LogP contribution >= 0.6 is 0 Å². The molecule has 0 fully saturated rings. The minimum absolute atomic E-state index is 0.186. The van der Waals surface area contributed by atoms with Crippen molar-refractivity contribution in [2.75, 3.05) is 26.0 Å². The molecule has 1 rings (SSSR count). The molecule has 0 spiro atoms. The predicted octanol–water partition coefficient (Wildman–Crippen LogP) is 2.09. The summed E-state index contributed by atoms with van der Waals surface area (Å²) in [7, 11) is 3.32. The summed E-state index contributed by atoms with van der Waals surface area (Å²) in [5.41, 5.74) is 0.233. The lowest BCUT2D eigenvalue weighted by atomic mass is 9.82. The number of anilines is 1. The average molecular weight is 293 g/mol. The number of amides is 1. The van der Waals surface area contributed by atoms with E-state index >= 15 is 0 Å². The second-order valence-corrected chi connectivity index (χ2v) is 5.28.